The standard InChI is InChI=1S/C15H12N4O2/c1-21-14-8-7-13(9-12(14)10-20)19-15(16-17-18-19)11-5-3-2-4-6-11/h2-10H,1H3. The Bertz CT molecular complexity index is 768. The molecule has 0 atom stereocenters. The van der Waals surface area contributed by atoms with Crippen LogP contribution in [0.1, 0.15) is 10.4 Å². The van der Waals surface area contributed by atoms with Crippen LogP contribution in [0.15, 0.2) is 48.5 Å². The number of methoxy groups -OCH3 is 1. The van der Waals surface area contributed by atoms with Crippen molar-refractivity contribution in [3.63, 3.8) is 0 Å². The number of hydrogen-bond acceptors (Lipinski definition) is 5. The molecule has 104 valence electrons. The van der Waals surface area contributed by atoms with Gasteiger partial charge in [-0.2, -0.15) is 4.68 Å². The first kappa shape index (κ1) is 13.0. The molecular formula is C15H12N4O2. The number of benzene rings is 2. The third-order valence-electron chi connectivity index (χ3n) is 3.09. The maximum atomic E-state index is 11.1. The van der Waals surface area contributed by atoms with E-state index in [2.05, 4.69) is 15.5 Å². The number of hydrogen-bond donors (Lipinski definition) is 0. The van der Waals surface area contributed by atoms with Crippen molar-refractivity contribution in [1.82, 2.24) is 20.2 Å². The van der Waals surface area contributed by atoms with E-state index < -0.39 is 0 Å². The van der Waals surface area contributed by atoms with Gasteiger partial charge in [-0.1, -0.05) is 30.3 Å². The normalized spacial score (nSPS) is 10.3. The lowest BCUT2D eigenvalue weighted by molar-refractivity contribution is 0.112. The molecule has 3 aromatic rings. The average Bonchev–Trinajstić information content (AvgIpc) is 3.04. The molecule has 3 rings (SSSR count). The second-order valence-electron chi connectivity index (χ2n) is 4.32. The fourth-order valence-corrected chi connectivity index (χ4v) is 2.07. The van der Waals surface area contributed by atoms with E-state index in [1.54, 1.807) is 22.9 Å². The minimum absolute atomic E-state index is 0.449. The van der Waals surface area contributed by atoms with Crippen LogP contribution in [-0.2, 0) is 0 Å². The third-order valence-corrected chi connectivity index (χ3v) is 3.09. The van der Waals surface area contributed by atoms with Crippen molar-refractivity contribution in [3.05, 3.63) is 54.1 Å². The molecule has 0 aliphatic heterocycles. The largest absolute Gasteiger partial charge is 0.496 e. The van der Waals surface area contributed by atoms with E-state index in [-0.39, 0.29) is 0 Å². The number of tetrazole rings is 1. The molecule has 0 aliphatic carbocycles. The van der Waals surface area contributed by atoms with E-state index in [1.807, 2.05) is 30.3 Å². The van der Waals surface area contributed by atoms with Crippen LogP contribution < -0.4 is 4.74 Å². The van der Waals surface area contributed by atoms with E-state index in [0.717, 1.165) is 11.8 Å². The molecule has 0 spiro atoms. The van der Waals surface area contributed by atoms with Crippen LogP contribution in [0.5, 0.6) is 5.75 Å². The zero-order valence-corrected chi connectivity index (χ0v) is 11.3. The summed E-state index contributed by atoms with van der Waals surface area (Å²) < 4.78 is 6.72. The van der Waals surface area contributed by atoms with Gasteiger partial charge >= 0.3 is 0 Å². The zero-order chi connectivity index (χ0) is 14.7. The van der Waals surface area contributed by atoms with E-state index >= 15 is 0 Å². The van der Waals surface area contributed by atoms with Crippen LogP contribution in [-0.4, -0.2) is 33.6 Å². The lowest BCUT2D eigenvalue weighted by Crippen LogP contribution is -2.01. The highest BCUT2D eigenvalue weighted by molar-refractivity contribution is 5.80. The zero-order valence-electron chi connectivity index (χ0n) is 11.3. The number of aromatic nitrogens is 4. The SMILES string of the molecule is COc1ccc(-n2nnnc2-c2ccccc2)cc1C=O. The highest BCUT2D eigenvalue weighted by atomic mass is 16.5. The molecule has 21 heavy (non-hydrogen) atoms. The lowest BCUT2D eigenvalue weighted by atomic mass is 10.1. The number of nitrogens with zero attached hydrogens (tertiary/aromatic N) is 4. The molecule has 0 saturated carbocycles. The summed E-state index contributed by atoms with van der Waals surface area (Å²) in [5.74, 6) is 1.13. The Balaban J connectivity index is 2.10. The third kappa shape index (κ3) is 2.38. The molecule has 0 fully saturated rings. The summed E-state index contributed by atoms with van der Waals surface area (Å²) >= 11 is 0. The highest BCUT2D eigenvalue weighted by Crippen LogP contribution is 2.23. The molecule has 1 heterocycles. The number of carbonyl (C=O) groups is 1. The molecule has 1 aromatic heterocycles. The van der Waals surface area contributed by atoms with E-state index in [4.69, 9.17) is 4.74 Å². The van der Waals surface area contributed by atoms with Crippen molar-refractivity contribution in [2.75, 3.05) is 7.11 Å². The summed E-state index contributed by atoms with van der Waals surface area (Å²) in [5, 5.41) is 11.8. The molecule has 0 saturated heterocycles. The van der Waals surface area contributed by atoms with Crippen molar-refractivity contribution in [3.8, 4) is 22.8 Å². The molecule has 0 unspecified atom stereocenters. The van der Waals surface area contributed by atoms with E-state index in [1.165, 1.54) is 7.11 Å². The predicted molar refractivity (Wildman–Crippen MR) is 76.5 cm³/mol. The van der Waals surface area contributed by atoms with Gasteiger partial charge in [-0.05, 0) is 28.6 Å². The summed E-state index contributed by atoms with van der Waals surface area (Å²) in [6.45, 7) is 0. The minimum Gasteiger partial charge on any atom is -0.496 e. The van der Waals surface area contributed by atoms with Crippen molar-refractivity contribution < 1.29 is 9.53 Å². The Kier molecular flexibility index (Phi) is 3.42. The molecule has 0 radical (unpaired) electrons. The number of ether oxygens (including phenoxy) is 1. The molecule has 0 aliphatic rings. The Morgan fingerprint density at radius 3 is 2.67 bits per heavy atom. The molecule has 0 N–H and O–H groups in total. The van der Waals surface area contributed by atoms with Crippen molar-refractivity contribution in [1.29, 1.82) is 0 Å². The van der Waals surface area contributed by atoms with E-state index in [9.17, 15) is 4.79 Å². The fraction of sp³-hybridized carbons (Fsp3) is 0.0667. The highest BCUT2D eigenvalue weighted by Gasteiger charge is 2.12. The minimum atomic E-state index is 0.449. The van der Waals surface area contributed by atoms with Gasteiger partial charge in [0.05, 0.1) is 18.4 Å². The molecule has 2 aromatic carbocycles. The van der Waals surface area contributed by atoms with Gasteiger partial charge in [0.2, 0.25) is 0 Å². The number of rotatable bonds is 4. The van der Waals surface area contributed by atoms with Crippen molar-refractivity contribution >= 4 is 6.29 Å². The Hall–Kier alpha value is -3.02. The average molecular weight is 280 g/mol. The molecule has 6 nitrogen and oxygen atoms in total. The molecule has 0 bridgehead atoms. The molecule has 6 heteroatoms. The van der Waals surface area contributed by atoms with Crippen LogP contribution >= 0.6 is 0 Å². The first-order valence-electron chi connectivity index (χ1n) is 6.31. The molecular weight excluding hydrogens is 268 g/mol. The van der Waals surface area contributed by atoms with Gasteiger partial charge in [0, 0.05) is 5.56 Å². The topological polar surface area (TPSA) is 69.9 Å². The van der Waals surface area contributed by atoms with Crippen LogP contribution in [0.2, 0.25) is 0 Å². The maximum Gasteiger partial charge on any atom is 0.187 e. The maximum absolute atomic E-state index is 11.1. The quantitative estimate of drug-likeness (QED) is 0.685. The van der Waals surface area contributed by atoms with Gasteiger partial charge in [-0.3, -0.25) is 4.79 Å². The Morgan fingerprint density at radius 2 is 1.95 bits per heavy atom. The van der Waals surface area contributed by atoms with Gasteiger partial charge in [0.15, 0.2) is 12.1 Å². The van der Waals surface area contributed by atoms with Crippen LogP contribution in [0, 0.1) is 0 Å². The van der Waals surface area contributed by atoms with Crippen molar-refractivity contribution in [2.24, 2.45) is 0 Å². The van der Waals surface area contributed by atoms with Gasteiger partial charge in [0.25, 0.3) is 0 Å². The predicted octanol–water partition coefficient (Wildman–Crippen LogP) is 2.15. The summed E-state index contributed by atoms with van der Waals surface area (Å²) in [7, 11) is 1.52. The first-order chi connectivity index (χ1) is 10.3. The summed E-state index contributed by atoms with van der Waals surface area (Å²) in [4.78, 5) is 11.1. The monoisotopic (exact) mass is 280 g/mol. The summed E-state index contributed by atoms with van der Waals surface area (Å²) in [6.07, 6.45) is 0.745. The first-order valence-corrected chi connectivity index (χ1v) is 6.31. The van der Waals surface area contributed by atoms with Crippen molar-refractivity contribution in [2.45, 2.75) is 0 Å². The van der Waals surface area contributed by atoms with Gasteiger partial charge < -0.3 is 4.74 Å². The Labute approximate surface area is 121 Å². The number of aldehydes is 1. The number of carbonyl (C=O) groups excluding carboxylic acids is 1. The smallest absolute Gasteiger partial charge is 0.187 e. The van der Waals surface area contributed by atoms with Gasteiger partial charge in [-0.25, -0.2) is 0 Å². The lowest BCUT2D eigenvalue weighted by Gasteiger charge is -2.08. The van der Waals surface area contributed by atoms with Crippen LogP contribution in [0.25, 0.3) is 17.1 Å². The fourth-order valence-electron chi connectivity index (χ4n) is 2.07. The van der Waals surface area contributed by atoms with Gasteiger partial charge in [0.1, 0.15) is 5.75 Å². The summed E-state index contributed by atoms with van der Waals surface area (Å²) in [6, 6.07) is 14.8. The van der Waals surface area contributed by atoms with Crippen LogP contribution in [0.3, 0.4) is 0 Å². The molecule has 0 amide bonds. The summed E-state index contributed by atoms with van der Waals surface area (Å²) in [5.41, 5.74) is 2.04. The second kappa shape index (κ2) is 5.54. The van der Waals surface area contributed by atoms with Gasteiger partial charge in [-0.15, -0.1) is 5.10 Å². The van der Waals surface area contributed by atoms with Crippen LogP contribution in [0.4, 0.5) is 0 Å². The Morgan fingerprint density at radius 1 is 1.14 bits per heavy atom. The van der Waals surface area contributed by atoms with E-state index in [0.29, 0.717) is 22.8 Å². The second-order valence-corrected chi connectivity index (χ2v) is 4.32.